The van der Waals surface area contributed by atoms with Crippen LogP contribution in [0.3, 0.4) is 0 Å². The quantitative estimate of drug-likeness (QED) is 0.541. The maximum atomic E-state index is 10.1. The molecule has 0 heterocycles. The zero-order valence-electron chi connectivity index (χ0n) is 3.81. The van der Waals surface area contributed by atoms with E-state index in [9.17, 15) is 8.42 Å². The van der Waals surface area contributed by atoms with Crippen LogP contribution in [0.1, 0.15) is 0 Å². The Hall–Kier alpha value is 0.200. The maximum absolute atomic E-state index is 10.1. The van der Waals surface area contributed by atoms with Crippen LogP contribution in [0.2, 0.25) is 0 Å². The molecule has 0 aliphatic heterocycles. The Balaban J connectivity index is 3.89. The van der Waals surface area contributed by atoms with Crippen LogP contribution in [0.5, 0.6) is 0 Å². The summed E-state index contributed by atoms with van der Waals surface area (Å²) in [7, 11) is -1.82. The van der Waals surface area contributed by atoms with Gasteiger partial charge in [-0.05, 0) is 7.05 Å². The van der Waals surface area contributed by atoms with Gasteiger partial charge in [-0.3, -0.25) is 0 Å². The van der Waals surface area contributed by atoms with Crippen molar-refractivity contribution >= 4 is 21.6 Å². The molecule has 1 N–H and O–H groups in total. The molecule has 0 saturated heterocycles. The lowest BCUT2D eigenvalue weighted by Gasteiger charge is -1.90. The maximum Gasteiger partial charge on any atom is 0.225 e. The third-order valence-electron chi connectivity index (χ3n) is 0.455. The van der Waals surface area contributed by atoms with Crippen LogP contribution in [0, 0.1) is 0 Å². The van der Waals surface area contributed by atoms with E-state index in [1.165, 1.54) is 7.05 Å². The summed E-state index contributed by atoms with van der Waals surface area (Å²) in [5.41, 5.74) is 0. The van der Waals surface area contributed by atoms with Gasteiger partial charge >= 0.3 is 0 Å². The minimum Gasteiger partial charge on any atom is -0.217 e. The minimum absolute atomic E-state index is 0.372. The summed E-state index contributed by atoms with van der Waals surface area (Å²) in [4.78, 5) is 0. The van der Waals surface area contributed by atoms with Crippen LogP contribution in [-0.4, -0.2) is 20.7 Å². The molecule has 7 heavy (non-hydrogen) atoms. The van der Waals surface area contributed by atoms with Crippen molar-refractivity contribution in [2.75, 3.05) is 12.3 Å². The van der Waals surface area contributed by atoms with Gasteiger partial charge in [0.2, 0.25) is 10.0 Å². The van der Waals surface area contributed by atoms with E-state index >= 15 is 0 Å². The molecule has 0 aromatic carbocycles. The Morgan fingerprint density at radius 2 is 2.14 bits per heavy atom. The van der Waals surface area contributed by atoms with E-state index in [1.54, 1.807) is 0 Å². The van der Waals surface area contributed by atoms with Crippen molar-refractivity contribution < 1.29 is 8.42 Å². The van der Waals surface area contributed by atoms with Crippen molar-refractivity contribution in [1.29, 1.82) is 0 Å². The van der Waals surface area contributed by atoms with Crippen LogP contribution in [0.25, 0.3) is 0 Å². The van der Waals surface area contributed by atoms with Crippen molar-refractivity contribution in [3.05, 3.63) is 0 Å². The summed E-state index contributed by atoms with van der Waals surface area (Å²) in [6.45, 7) is 0. The standard InChI is InChI=1S/C2H6ClNO2S/c1-4-7(5,6)2-3/h4H,2H2,1H3. The third kappa shape index (κ3) is 2.85. The molecule has 0 spiro atoms. The normalized spacial score (nSPS) is 11.7. The highest BCUT2D eigenvalue weighted by molar-refractivity contribution is 7.90. The number of alkyl halides is 1. The second-order valence-electron chi connectivity index (χ2n) is 0.928. The topological polar surface area (TPSA) is 46.2 Å². The average Bonchev–Trinajstić information content (AvgIpc) is 1.68. The number of halogens is 1. The van der Waals surface area contributed by atoms with Gasteiger partial charge in [0.25, 0.3) is 0 Å². The van der Waals surface area contributed by atoms with Crippen LogP contribution in [0.15, 0.2) is 0 Å². The minimum atomic E-state index is -3.14. The smallest absolute Gasteiger partial charge is 0.217 e. The van der Waals surface area contributed by atoms with Gasteiger partial charge in [-0.2, -0.15) is 0 Å². The first-order valence-electron chi connectivity index (χ1n) is 1.59. The van der Waals surface area contributed by atoms with E-state index in [4.69, 9.17) is 11.6 Å². The molecular weight excluding hydrogens is 138 g/mol. The van der Waals surface area contributed by atoms with Crippen molar-refractivity contribution in [3.8, 4) is 0 Å². The van der Waals surface area contributed by atoms with Gasteiger partial charge in [-0.15, -0.1) is 11.6 Å². The lowest BCUT2D eigenvalue weighted by atomic mass is 11.6. The average molecular weight is 144 g/mol. The molecule has 0 atom stereocenters. The summed E-state index contributed by atoms with van der Waals surface area (Å²) < 4.78 is 22.3. The molecule has 3 nitrogen and oxygen atoms in total. The van der Waals surface area contributed by atoms with Crippen molar-refractivity contribution in [2.24, 2.45) is 0 Å². The summed E-state index contributed by atoms with van der Waals surface area (Å²) >= 11 is 4.94. The summed E-state index contributed by atoms with van der Waals surface area (Å²) in [5, 5.41) is -0.372. The molecule has 0 unspecified atom stereocenters. The van der Waals surface area contributed by atoms with E-state index in [2.05, 4.69) is 0 Å². The fourth-order valence-corrected chi connectivity index (χ4v) is 0.491. The molecule has 0 aromatic heterocycles. The molecule has 0 aliphatic rings. The highest BCUT2D eigenvalue weighted by atomic mass is 35.5. The van der Waals surface area contributed by atoms with E-state index in [0.29, 0.717) is 0 Å². The molecule has 5 heteroatoms. The number of sulfonamides is 1. The van der Waals surface area contributed by atoms with Gasteiger partial charge in [0.15, 0.2) is 0 Å². The summed E-state index contributed by atoms with van der Waals surface area (Å²) in [6, 6.07) is 0. The fourth-order valence-electron chi connectivity index (χ4n) is 0.0546. The van der Waals surface area contributed by atoms with Crippen LogP contribution in [0.4, 0.5) is 0 Å². The van der Waals surface area contributed by atoms with Gasteiger partial charge in [-0.1, -0.05) is 0 Å². The first-order valence-corrected chi connectivity index (χ1v) is 3.78. The second-order valence-corrected chi connectivity index (χ2v) is 3.44. The van der Waals surface area contributed by atoms with Crippen molar-refractivity contribution in [1.82, 2.24) is 4.72 Å². The molecular formula is C2H6ClNO2S. The van der Waals surface area contributed by atoms with Gasteiger partial charge in [0.1, 0.15) is 5.21 Å². The molecule has 0 radical (unpaired) electrons. The van der Waals surface area contributed by atoms with Gasteiger partial charge in [0, 0.05) is 0 Å². The lowest BCUT2D eigenvalue weighted by Crippen LogP contribution is -2.18. The molecule has 0 rings (SSSR count). The van der Waals surface area contributed by atoms with Gasteiger partial charge in [0.05, 0.1) is 0 Å². The first kappa shape index (κ1) is 7.20. The Kier molecular flexibility index (Phi) is 2.56. The largest absolute Gasteiger partial charge is 0.225 e. The lowest BCUT2D eigenvalue weighted by molar-refractivity contribution is 0.593. The zero-order valence-corrected chi connectivity index (χ0v) is 5.38. The fraction of sp³-hybridized carbons (Fsp3) is 1.00. The number of rotatable bonds is 2. The number of hydrogen-bond acceptors (Lipinski definition) is 2. The molecule has 0 fully saturated rings. The molecule has 0 aliphatic carbocycles. The monoisotopic (exact) mass is 143 g/mol. The Bertz CT molecular complexity index is 119. The predicted molar refractivity (Wildman–Crippen MR) is 28.7 cm³/mol. The van der Waals surface area contributed by atoms with E-state index in [0.717, 1.165) is 0 Å². The van der Waals surface area contributed by atoms with Crippen molar-refractivity contribution in [3.63, 3.8) is 0 Å². The van der Waals surface area contributed by atoms with Gasteiger partial charge < -0.3 is 0 Å². The number of hydrogen-bond donors (Lipinski definition) is 1. The third-order valence-corrected chi connectivity index (χ3v) is 2.23. The van der Waals surface area contributed by atoms with Crippen molar-refractivity contribution in [2.45, 2.75) is 0 Å². The second kappa shape index (κ2) is 2.49. The molecule has 0 bridgehead atoms. The molecule has 44 valence electrons. The first-order chi connectivity index (χ1) is 3.12. The van der Waals surface area contributed by atoms with Crippen LogP contribution in [-0.2, 0) is 10.0 Å². The SMILES string of the molecule is CNS(=O)(=O)CCl. The van der Waals surface area contributed by atoms with Crippen LogP contribution < -0.4 is 4.72 Å². The van der Waals surface area contributed by atoms with E-state index in [-0.39, 0.29) is 5.21 Å². The van der Waals surface area contributed by atoms with E-state index in [1.807, 2.05) is 4.72 Å². The Morgan fingerprint density at radius 3 is 2.14 bits per heavy atom. The molecule has 0 aromatic rings. The highest BCUT2D eigenvalue weighted by Crippen LogP contribution is 1.83. The summed E-state index contributed by atoms with van der Waals surface area (Å²) in [6.07, 6.45) is 0. The zero-order chi connectivity index (χ0) is 5.91. The van der Waals surface area contributed by atoms with E-state index < -0.39 is 10.0 Å². The molecule has 0 amide bonds. The Labute approximate surface area is 47.7 Å². The Morgan fingerprint density at radius 1 is 1.71 bits per heavy atom. The highest BCUT2D eigenvalue weighted by Gasteiger charge is 1.99. The molecule has 0 saturated carbocycles. The van der Waals surface area contributed by atoms with Crippen LogP contribution >= 0.6 is 11.6 Å². The predicted octanol–water partition coefficient (Wildman–Crippen LogP) is -0.268. The number of nitrogens with one attached hydrogen (secondary N) is 1. The summed E-state index contributed by atoms with van der Waals surface area (Å²) in [5.74, 6) is 0. The van der Waals surface area contributed by atoms with Gasteiger partial charge in [-0.25, -0.2) is 13.1 Å².